The fourth-order valence-corrected chi connectivity index (χ4v) is 7.06. The van der Waals surface area contributed by atoms with Gasteiger partial charge in [0.2, 0.25) is 5.91 Å². The third-order valence-electron chi connectivity index (χ3n) is 9.82. The molecule has 1 N–H and O–H groups in total. The number of esters is 3. The number of anilines is 1. The molecule has 0 saturated heterocycles. The molecule has 0 spiro atoms. The molecule has 2 atom stereocenters. The Morgan fingerprint density at radius 3 is 2.15 bits per heavy atom. The van der Waals surface area contributed by atoms with E-state index in [0.29, 0.717) is 46.2 Å². The van der Waals surface area contributed by atoms with Crippen LogP contribution in [-0.2, 0) is 36.8 Å². The van der Waals surface area contributed by atoms with Gasteiger partial charge < -0.3 is 28.8 Å². The molecule has 0 aliphatic carbocycles. The van der Waals surface area contributed by atoms with Crippen LogP contribution in [0.15, 0.2) is 101 Å². The van der Waals surface area contributed by atoms with Crippen molar-refractivity contribution in [1.82, 2.24) is 4.90 Å². The number of furan rings is 1. The highest BCUT2D eigenvalue weighted by atomic mass is 16.6. The number of rotatable bonds is 19. The Hall–Kier alpha value is -6.83. The molecule has 320 valence electrons. The highest BCUT2D eigenvalue weighted by molar-refractivity contribution is 6.08. The predicted octanol–water partition coefficient (Wildman–Crippen LogP) is 9.34. The molecule has 0 radical (unpaired) electrons. The van der Waals surface area contributed by atoms with Crippen LogP contribution < -0.4 is 10.1 Å². The number of ether oxygens (including phenoxy) is 3. The number of hydrogen-bond acceptors (Lipinski definition) is 11. The van der Waals surface area contributed by atoms with E-state index < -0.39 is 40.8 Å². The first-order valence-corrected chi connectivity index (χ1v) is 20.2. The third kappa shape index (κ3) is 12.6. The largest absolute Gasteiger partial charge is 0.463 e. The predicted molar refractivity (Wildman–Crippen MR) is 228 cm³/mol. The highest BCUT2D eigenvalue weighted by Gasteiger charge is 2.31. The molecule has 1 aromatic heterocycles. The third-order valence-corrected chi connectivity index (χ3v) is 9.82. The van der Waals surface area contributed by atoms with Crippen LogP contribution in [0.2, 0.25) is 0 Å². The molecule has 61 heavy (non-hydrogen) atoms. The van der Waals surface area contributed by atoms with Gasteiger partial charge in [0.25, 0.3) is 11.6 Å². The van der Waals surface area contributed by atoms with E-state index in [1.165, 1.54) is 19.1 Å². The van der Waals surface area contributed by atoms with Gasteiger partial charge in [0, 0.05) is 67.9 Å². The maximum Gasteiger partial charge on any atom is 0.339 e. The van der Waals surface area contributed by atoms with Crippen LogP contribution in [-0.4, -0.2) is 57.8 Å². The summed E-state index contributed by atoms with van der Waals surface area (Å²) in [4.78, 5) is 78.5. The molecule has 14 heteroatoms. The molecule has 0 bridgehead atoms. The number of hydrogen-bond donors (Lipinski definition) is 1. The van der Waals surface area contributed by atoms with Gasteiger partial charge in [0.05, 0.1) is 22.7 Å². The summed E-state index contributed by atoms with van der Waals surface area (Å²) in [5, 5.41) is 15.4. The molecule has 5 aromatic rings. The minimum Gasteiger partial charge on any atom is -0.463 e. The van der Waals surface area contributed by atoms with E-state index in [-0.39, 0.29) is 66.5 Å². The number of nitro groups is 1. The number of nitrogens with one attached hydrogen (secondary N) is 1. The van der Waals surface area contributed by atoms with Gasteiger partial charge >= 0.3 is 17.9 Å². The zero-order valence-corrected chi connectivity index (χ0v) is 35.2. The van der Waals surface area contributed by atoms with Crippen molar-refractivity contribution in [2.24, 2.45) is 0 Å². The summed E-state index contributed by atoms with van der Waals surface area (Å²) in [7, 11) is 0. The van der Waals surface area contributed by atoms with Crippen molar-refractivity contribution < 1.29 is 47.5 Å². The molecule has 0 aliphatic rings. The summed E-state index contributed by atoms with van der Waals surface area (Å²) in [6.07, 6.45) is 0.469. The number of nitrogens with zero attached hydrogens (tertiary/aromatic N) is 2. The lowest BCUT2D eigenvalue weighted by atomic mass is 9.86. The molecule has 1 heterocycles. The monoisotopic (exact) mass is 833 g/mol. The molecular weight excluding hydrogens is 783 g/mol. The zero-order chi connectivity index (χ0) is 44.2. The fourth-order valence-electron chi connectivity index (χ4n) is 7.06. The van der Waals surface area contributed by atoms with Crippen LogP contribution in [0.4, 0.5) is 11.4 Å². The van der Waals surface area contributed by atoms with E-state index in [0.717, 1.165) is 0 Å². The second kappa shape index (κ2) is 20.9. The summed E-state index contributed by atoms with van der Waals surface area (Å²) in [5.74, 6) is -2.11. The number of nitro benzene ring substituents is 1. The Morgan fingerprint density at radius 1 is 0.803 bits per heavy atom. The molecule has 14 nitrogen and oxygen atoms in total. The first kappa shape index (κ1) is 45.3. The average Bonchev–Trinajstić information content (AvgIpc) is 3.69. The van der Waals surface area contributed by atoms with Crippen molar-refractivity contribution in [3.8, 4) is 5.75 Å². The summed E-state index contributed by atoms with van der Waals surface area (Å²) in [5.41, 5.74) is 1.87. The topological polar surface area (TPSA) is 185 Å². The quantitative estimate of drug-likeness (QED) is 0.0275. The fraction of sp³-hybridized carbons (Fsp3) is 0.340. The van der Waals surface area contributed by atoms with Gasteiger partial charge in [-0.3, -0.25) is 29.3 Å². The Bertz CT molecular complexity index is 2350. The van der Waals surface area contributed by atoms with Crippen LogP contribution in [0.25, 0.3) is 10.8 Å². The molecule has 5 rings (SSSR count). The molecule has 0 aliphatic heterocycles. The van der Waals surface area contributed by atoms with Crippen molar-refractivity contribution in [3.63, 3.8) is 0 Å². The standard InChI is InChI=1S/C47H51N3O11/c1-29(2)58-44(53)18-11-10-17-43(52)49(28-33-25-35-13-12-16-41(60-32(6)51)45(35)40(26-33)47(55)59-30(3)4)31(5)39(34-19-21-37(22-20-34)50(56)57)27-38-23-24-42(61-38)46(54)48-36-14-8-7-9-15-36/h7-9,12-16,19-26,29-31,39H,10-11,17-18,27-28H2,1-6H3,(H,48,54). The van der Waals surface area contributed by atoms with Gasteiger partial charge in [-0.25, -0.2) is 4.79 Å². The highest BCUT2D eigenvalue weighted by Crippen LogP contribution is 2.35. The SMILES string of the molecule is CC(=O)Oc1cccc2cc(CN(C(=O)CCCCC(=O)OC(C)C)C(C)C(Cc3ccc(C(=O)Nc4ccccc4)o3)c3ccc([N+](=O)[O-])cc3)cc(C(=O)OC(C)C)c12. The second-order valence-corrected chi connectivity index (χ2v) is 15.3. The van der Waals surface area contributed by atoms with Crippen LogP contribution in [0.3, 0.4) is 0 Å². The van der Waals surface area contributed by atoms with Crippen LogP contribution in [0, 0.1) is 10.1 Å². The average molecular weight is 834 g/mol. The molecular formula is C47H51N3O11. The van der Waals surface area contributed by atoms with Crippen molar-refractivity contribution in [2.45, 2.75) is 104 Å². The number of carbonyl (C=O) groups excluding carboxylic acids is 5. The van der Waals surface area contributed by atoms with Gasteiger partial charge in [-0.05, 0) is 106 Å². The van der Waals surface area contributed by atoms with Gasteiger partial charge in [0.15, 0.2) is 5.76 Å². The number of non-ortho nitro benzene ring substituents is 1. The molecule has 4 aromatic carbocycles. The first-order valence-electron chi connectivity index (χ1n) is 20.2. The Balaban J connectivity index is 1.55. The number of amides is 2. The van der Waals surface area contributed by atoms with Crippen molar-refractivity contribution >= 4 is 51.9 Å². The van der Waals surface area contributed by atoms with Crippen LogP contribution in [0.1, 0.15) is 111 Å². The van der Waals surface area contributed by atoms with Crippen molar-refractivity contribution in [3.05, 3.63) is 135 Å². The van der Waals surface area contributed by atoms with Crippen molar-refractivity contribution in [2.75, 3.05) is 5.32 Å². The van der Waals surface area contributed by atoms with E-state index in [4.69, 9.17) is 18.6 Å². The maximum atomic E-state index is 14.5. The smallest absolute Gasteiger partial charge is 0.339 e. The van der Waals surface area contributed by atoms with Gasteiger partial charge in [-0.2, -0.15) is 0 Å². The summed E-state index contributed by atoms with van der Waals surface area (Å²) >= 11 is 0. The molecule has 2 amide bonds. The summed E-state index contributed by atoms with van der Waals surface area (Å²) in [6, 6.07) is 26.1. The zero-order valence-electron chi connectivity index (χ0n) is 35.2. The number of fused-ring (bicyclic) bond motifs is 1. The van der Waals surface area contributed by atoms with Crippen LogP contribution in [0.5, 0.6) is 5.75 Å². The number of unbranched alkanes of at least 4 members (excludes halogenated alkanes) is 1. The van der Waals surface area contributed by atoms with E-state index in [9.17, 15) is 34.1 Å². The second-order valence-electron chi connectivity index (χ2n) is 15.3. The molecule has 0 saturated carbocycles. The number of carbonyl (C=O) groups is 5. The Labute approximate surface area is 354 Å². The summed E-state index contributed by atoms with van der Waals surface area (Å²) < 4.78 is 22.5. The van der Waals surface area contributed by atoms with Gasteiger partial charge in [-0.1, -0.05) is 42.5 Å². The normalized spacial score (nSPS) is 12.1. The van der Waals surface area contributed by atoms with Crippen LogP contribution >= 0.6 is 0 Å². The molecule has 0 fully saturated rings. The van der Waals surface area contributed by atoms with E-state index in [1.54, 1.807) is 105 Å². The number of benzene rings is 4. The Morgan fingerprint density at radius 2 is 1.49 bits per heavy atom. The first-order chi connectivity index (χ1) is 29.1. The van der Waals surface area contributed by atoms with E-state index in [2.05, 4.69) is 5.32 Å². The lowest BCUT2D eigenvalue weighted by molar-refractivity contribution is -0.384. The lowest BCUT2D eigenvalue weighted by Crippen LogP contribution is -2.42. The van der Waals surface area contributed by atoms with Crippen molar-refractivity contribution in [1.29, 1.82) is 0 Å². The lowest BCUT2D eigenvalue weighted by Gasteiger charge is -2.35. The van der Waals surface area contributed by atoms with E-state index >= 15 is 0 Å². The minimum absolute atomic E-state index is 0.0114. The Kier molecular flexibility index (Phi) is 15.5. The minimum atomic E-state index is -0.644. The summed E-state index contributed by atoms with van der Waals surface area (Å²) in [6.45, 7) is 10.1. The van der Waals surface area contributed by atoms with Gasteiger partial charge in [-0.15, -0.1) is 0 Å². The van der Waals surface area contributed by atoms with E-state index in [1.807, 2.05) is 19.1 Å². The molecule has 2 unspecified atom stereocenters. The number of para-hydroxylation sites is 1. The maximum absolute atomic E-state index is 14.5. The van der Waals surface area contributed by atoms with Gasteiger partial charge in [0.1, 0.15) is 11.5 Å².